The molecule has 0 saturated carbocycles. The van der Waals surface area contributed by atoms with Gasteiger partial charge >= 0.3 is 0 Å². The van der Waals surface area contributed by atoms with Crippen LogP contribution in [-0.4, -0.2) is 31.3 Å². The van der Waals surface area contributed by atoms with Crippen molar-refractivity contribution in [2.45, 2.75) is 24.9 Å². The summed E-state index contributed by atoms with van der Waals surface area (Å²) in [6, 6.07) is 10.3. The van der Waals surface area contributed by atoms with Crippen molar-refractivity contribution in [1.29, 1.82) is 0 Å². The zero-order chi connectivity index (χ0) is 14.1. The molecule has 1 rings (SSSR count). The smallest absolute Gasteiger partial charge is 0.233 e. The van der Waals surface area contributed by atoms with Crippen LogP contribution in [0.4, 0.5) is 0 Å². The van der Waals surface area contributed by atoms with Crippen LogP contribution in [0.5, 0.6) is 0 Å². The Balaban J connectivity index is 0.00000361. The number of carbonyl (C=O) groups is 1. The minimum absolute atomic E-state index is 0. The highest BCUT2D eigenvalue weighted by Crippen LogP contribution is 2.23. The van der Waals surface area contributed by atoms with E-state index in [1.165, 1.54) is 5.56 Å². The van der Waals surface area contributed by atoms with E-state index in [0.29, 0.717) is 12.5 Å². The second kappa shape index (κ2) is 11.0. The van der Waals surface area contributed by atoms with E-state index >= 15 is 0 Å². The van der Waals surface area contributed by atoms with Gasteiger partial charge in [0.15, 0.2) is 0 Å². The van der Waals surface area contributed by atoms with Crippen LogP contribution in [0.3, 0.4) is 0 Å². The minimum Gasteiger partial charge on any atom is -0.354 e. The number of carbonyl (C=O) groups excluding carboxylic acids is 1. The normalized spacial score (nSPS) is 11.8. The summed E-state index contributed by atoms with van der Waals surface area (Å²) in [5.74, 6) is 1.36. The molecule has 1 aromatic carbocycles. The van der Waals surface area contributed by atoms with Crippen molar-refractivity contribution in [1.82, 2.24) is 10.6 Å². The molecular formula is C15H25ClN2OS. The summed E-state index contributed by atoms with van der Waals surface area (Å²) >= 11 is 1.72. The van der Waals surface area contributed by atoms with Gasteiger partial charge in [-0.2, -0.15) is 0 Å². The lowest BCUT2D eigenvalue weighted by molar-refractivity contribution is -0.121. The molecule has 0 heterocycles. The fourth-order valence-electron chi connectivity index (χ4n) is 1.74. The summed E-state index contributed by atoms with van der Waals surface area (Å²) in [5, 5.41) is 6.02. The van der Waals surface area contributed by atoms with Gasteiger partial charge in [0.1, 0.15) is 0 Å². The first-order valence-electron chi connectivity index (χ1n) is 6.73. The molecule has 2 N–H and O–H groups in total. The average Bonchev–Trinajstić information content (AvgIpc) is 2.40. The standard InChI is InChI=1S/C15H24N2OS.ClH/c1-12(2)14(15(18)17-10-9-16-3)19-11-13-7-5-4-6-8-13;/h4-8,12,14,16H,9-11H2,1-3H3,(H,17,18);1H. The number of likely N-dealkylation sites (N-methyl/N-ethyl adjacent to an activating group) is 1. The van der Waals surface area contributed by atoms with E-state index in [-0.39, 0.29) is 23.6 Å². The first-order valence-corrected chi connectivity index (χ1v) is 7.78. The van der Waals surface area contributed by atoms with Gasteiger partial charge in [-0.15, -0.1) is 24.2 Å². The van der Waals surface area contributed by atoms with Crippen molar-refractivity contribution in [3.63, 3.8) is 0 Å². The number of benzene rings is 1. The molecule has 0 radical (unpaired) electrons. The number of halogens is 1. The molecule has 0 aliphatic carbocycles. The Morgan fingerprint density at radius 2 is 1.85 bits per heavy atom. The lowest BCUT2D eigenvalue weighted by Gasteiger charge is -2.20. The zero-order valence-electron chi connectivity index (χ0n) is 12.4. The molecule has 0 spiro atoms. The second-order valence-electron chi connectivity index (χ2n) is 4.86. The van der Waals surface area contributed by atoms with Crippen molar-refractivity contribution < 1.29 is 4.79 Å². The Kier molecular flexibility index (Phi) is 10.6. The minimum atomic E-state index is 0. The topological polar surface area (TPSA) is 41.1 Å². The molecule has 0 fully saturated rings. The van der Waals surface area contributed by atoms with Crippen LogP contribution in [0.25, 0.3) is 0 Å². The van der Waals surface area contributed by atoms with Gasteiger partial charge in [0.25, 0.3) is 0 Å². The largest absolute Gasteiger partial charge is 0.354 e. The lowest BCUT2D eigenvalue weighted by Crippen LogP contribution is -2.38. The highest BCUT2D eigenvalue weighted by Gasteiger charge is 2.22. The Bertz CT molecular complexity index is 373. The summed E-state index contributed by atoms with van der Waals surface area (Å²) in [6.07, 6.45) is 0. The van der Waals surface area contributed by atoms with Gasteiger partial charge in [0.2, 0.25) is 5.91 Å². The van der Waals surface area contributed by atoms with Crippen LogP contribution < -0.4 is 10.6 Å². The molecule has 0 aliphatic heterocycles. The van der Waals surface area contributed by atoms with Crippen molar-refractivity contribution >= 4 is 30.1 Å². The molecule has 1 unspecified atom stereocenters. The predicted molar refractivity (Wildman–Crippen MR) is 90.5 cm³/mol. The predicted octanol–water partition coefficient (Wildman–Crippen LogP) is 2.70. The maximum Gasteiger partial charge on any atom is 0.233 e. The van der Waals surface area contributed by atoms with Gasteiger partial charge < -0.3 is 10.6 Å². The Hall–Kier alpha value is -0.710. The molecule has 5 heteroatoms. The van der Waals surface area contributed by atoms with Crippen LogP contribution in [0.2, 0.25) is 0 Å². The molecule has 20 heavy (non-hydrogen) atoms. The van der Waals surface area contributed by atoms with Crippen molar-refractivity contribution in [2.75, 3.05) is 20.1 Å². The van der Waals surface area contributed by atoms with E-state index in [2.05, 4.69) is 36.6 Å². The Morgan fingerprint density at radius 1 is 1.20 bits per heavy atom. The highest BCUT2D eigenvalue weighted by molar-refractivity contribution is 7.99. The van der Waals surface area contributed by atoms with E-state index in [0.717, 1.165) is 12.3 Å². The molecular weight excluding hydrogens is 292 g/mol. The second-order valence-corrected chi connectivity index (χ2v) is 5.99. The number of nitrogens with one attached hydrogen (secondary N) is 2. The molecule has 1 amide bonds. The molecule has 1 atom stereocenters. The van der Waals surface area contributed by atoms with Gasteiger partial charge in [-0.1, -0.05) is 44.2 Å². The van der Waals surface area contributed by atoms with E-state index < -0.39 is 0 Å². The number of amides is 1. The number of rotatable bonds is 8. The summed E-state index contributed by atoms with van der Waals surface area (Å²) in [6.45, 7) is 5.69. The van der Waals surface area contributed by atoms with Crippen molar-refractivity contribution in [2.24, 2.45) is 5.92 Å². The summed E-state index contributed by atoms with van der Waals surface area (Å²) in [5.41, 5.74) is 1.26. The quantitative estimate of drug-likeness (QED) is 0.725. The Labute approximate surface area is 132 Å². The number of hydrogen-bond donors (Lipinski definition) is 2. The van der Waals surface area contributed by atoms with Gasteiger partial charge in [-0.25, -0.2) is 0 Å². The summed E-state index contributed by atoms with van der Waals surface area (Å²) in [4.78, 5) is 12.1. The molecule has 1 aromatic rings. The van der Waals surface area contributed by atoms with E-state index in [1.54, 1.807) is 11.8 Å². The van der Waals surface area contributed by atoms with Crippen LogP contribution >= 0.6 is 24.2 Å². The molecule has 0 bridgehead atoms. The van der Waals surface area contributed by atoms with Crippen LogP contribution in [-0.2, 0) is 10.5 Å². The number of thioether (sulfide) groups is 1. The first kappa shape index (κ1) is 19.3. The van der Waals surface area contributed by atoms with E-state index in [4.69, 9.17) is 0 Å². The summed E-state index contributed by atoms with van der Waals surface area (Å²) < 4.78 is 0. The Morgan fingerprint density at radius 3 is 2.40 bits per heavy atom. The van der Waals surface area contributed by atoms with Crippen LogP contribution in [0.15, 0.2) is 30.3 Å². The summed E-state index contributed by atoms with van der Waals surface area (Å²) in [7, 11) is 1.89. The fraction of sp³-hybridized carbons (Fsp3) is 0.533. The van der Waals surface area contributed by atoms with E-state index in [1.807, 2.05) is 25.2 Å². The lowest BCUT2D eigenvalue weighted by atomic mass is 10.1. The average molecular weight is 317 g/mol. The maximum absolute atomic E-state index is 12.1. The third-order valence-corrected chi connectivity index (χ3v) is 4.43. The molecule has 0 saturated heterocycles. The molecule has 114 valence electrons. The maximum atomic E-state index is 12.1. The van der Waals surface area contributed by atoms with Gasteiger partial charge in [0.05, 0.1) is 5.25 Å². The SMILES string of the molecule is CNCCNC(=O)C(SCc1ccccc1)C(C)C.Cl. The van der Waals surface area contributed by atoms with Crippen LogP contribution in [0, 0.1) is 5.92 Å². The van der Waals surface area contributed by atoms with E-state index in [9.17, 15) is 4.79 Å². The molecule has 3 nitrogen and oxygen atoms in total. The highest BCUT2D eigenvalue weighted by atomic mass is 35.5. The first-order chi connectivity index (χ1) is 9.15. The molecule has 0 aromatic heterocycles. The zero-order valence-corrected chi connectivity index (χ0v) is 14.0. The molecule has 0 aliphatic rings. The monoisotopic (exact) mass is 316 g/mol. The third-order valence-electron chi connectivity index (χ3n) is 2.81. The number of hydrogen-bond acceptors (Lipinski definition) is 3. The van der Waals surface area contributed by atoms with Gasteiger partial charge in [0, 0.05) is 18.8 Å². The third kappa shape index (κ3) is 7.17. The van der Waals surface area contributed by atoms with Gasteiger partial charge in [-0.3, -0.25) is 4.79 Å². The van der Waals surface area contributed by atoms with Crippen LogP contribution in [0.1, 0.15) is 19.4 Å². The fourth-order valence-corrected chi connectivity index (χ4v) is 2.93. The van der Waals surface area contributed by atoms with Crippen molar-refractivity contribution in [3.8, 4) is 0 Å². The van der Waals surface area contributed by atoms with Crippen molar-refractivity contribution in [3.05, 3.63) is 35.9 Å². The van der Waals surface area contributed by atoms with Gasteiger partial charge in [-0.05, 0) is 18.5 Å².